The molecule has 1 heterocycles. The number of nitrogens with two attached hydrogens (primary N) is 1. The van der Waals surface area contributed by atoms with Crippen LogP contribution in [-0.2, 0) is 9.59 Å². The van der Waals surface area contributed by atoms with E-state index in [0.717, 1.165) is 38.6 Å². The van der Waals surface area contributed by atoms with Crippen molar-refractivity contribution in [1.82, 2.24) is 10.2 Å². The average molecular weight is 320 g/mol. The lowest BCUT2D eigenvalue weighted by Crippen LogP contribution is -2.47. The van der Waals surface area contributed by atoms with Crippen LogP contribution in [0.2, 0.25) is 0 Å². The Kier molecular flexibility index (Phi) is 10.4. The molecule has 0 aromatic rings. The van der Waals surface area contributed by atoms with Crippen LogP contribution >= 0.6 is 12.4 Å². The number of likely N-dealkylation sites (tertiary alicyclic amines) is 1. The van der Waals surface area contributed by atoms with Gasteiger partial charge in [-0.25, -0.2) is 0 Å². The van der Waals surface area contributed by atoms with Crippen molar-refractivity contribution in [2.24, 2.45) is 17.6 Å². The second kappa shape index (κ2) is 10.9. The molecule has 124 valence electrons. The number of halogens is 1. The lowest BCUT2D eigenvalue weighted by Gasteiger charge is -2.33. The average Bonchev–Trinajstić information content (AvgIpc) is 2.49. The molecule has 0 aromatic heterocycles. The lowest BCUT2D eigenvalue weighted by molar-refractivity contribution is -0.138. The van der Waals surface area contributed by atoms with E-state index >= 15 is 0 Å². The first-order valence-electron chi connectivity index (χ1n) is 7.86. The summed E-state index contributed by atoms with van der Waals surface area (Å²) in [5, 5.41) is 2.96. The van der Waals surface area contributed by atoms with Crippen molar-refractivity contribution in [3.8, 4) is 0 Å². The van der Waals surface area contributed by atoms with Gasteiger partial charge < -0.3 is 16.0 Å². The Morgan fingerprint density at radius 3 is 2.71 bits per heavy atom. The van der Waals surface area contributed by atoms with E-state index in [4.69, 9.17) is 5.73 Å². The van der Waals surface area contributed by atoms with Gasteiger partial charge in [-0.05, 0) is 38.6 Å². The van der Waals surface area contributed by atoms with Gasteiger partial charge in [0.25, 0.3) is 0 Å². The Morgan fingerprint density at radius 2 is 2.10 bits per heavy atom. The van der Waals surface area contributed by atoms with Crippen molar-refractivity contribution in [2.45, 2.75) is 46.0 Å². The molecular formula is C15H30ClN3O2. The third-order valence-electron chi connectivity index (χ3n) is 4.07. The first-order valence-corrected chi connectivity index (χ1v) is 7.86. The van der Waals surface area contributed by atoms with Crippen LogP contribution in [0.1, 0.15) is 46.0 Å². The number of hydrogen-bond donors (Lipinski definition) is 2. The summed E-state index contributed by atoms with van der Waals surface area (Å²) < 4.78 is 0. The number of hydrogen-bond acceptors (Lipinski definition) is 3. The van der Waals surface area contributed by atoms with Crippen LogP contribution in [0.5, 0.6) is 0 Å². The molecule has 1 fully saturated rings. The first kappa shape index (κ1) is 20.2. The summed E-state index contributed by atoms with van der Waals surface area (Å²) >= 11 is 0. The van der Waals surface area contributed by atoms with Gasteiger partial charge in [0.05, 0.1) is 5.92 Å². The Labute approximate surface area is 134 Å². The molecule has 2 unspecified atom stereocenters. The van der Waals surface area contributed by atoms with Crippen molar-refractivity contribution in [1.29, 1.82) is 0 Å². The van der Waals surface area contributed by atoms with E-state index in [2.05, 4.69) is 5.32 Å². The van der Waals surface area contributed by atoms with Gasteiger partial charge in [0.2, 0.25) is 11.8 Å². The molecule has 2 atom stereocenters. The second-order valence-corrected chi connectivity index (χ2v) is 5.72. The molecule has 1 saturated heterocycles. The number of nitrogens with zero attached hydrogens (tertiary/aromatic N) is 1. The quantitative estimate of drug-likeness (QED) is 0.699. The van der Waals surface area contributed by atoms with Gasteiger partial charge in [-0.1, -0.05) is 13.8 Å². The van der Waals surface area contributed by atoms with Crippen molar-refractivity contribution in [3.05, 3.63) is 0 Å². The van der Waals surface area contributed by atoms with E-state index in [-0.39, 0.29) is 36.1 Å². The summed E-state index contributed by atoms with van der Waals surface area (Å²) in [6.45, 7) is 6.70. The molecule has 1 aliphatic heterocycles. The number of rotatable bonds is 7. The molecule has 0 spiro atoms. The number of unbranched alkanes of at least 4 members (excludes halogenated alkanes) is 1. The monoisotopic (exact) mass is 319 g/mol. The van der Waals surface area contributed by atoms with Crippen molar-refractivity contribution < 1.29 is 9.59 Å². The van der Waals surface area contributed by atoms with Gasteiger partial charge in [0.15, 0.2) is 0 Å². The summed E-state index contributed by atoms with van der Waals surface area (Å²) in [6.07, 6.45) is 4.51. The summed E-state index contributed by atoms with van der Waals surface area (Å²) in [5.41, 5.74) is 5.42. The van der Waals surface area contributed by atoms with Gasteiger partial charge in [0, 0.05) is 25.6 Å². The lowest BCUT2D eigenvalue weighted by atomic mass is 9.95. The zero-order valence-corrected chi connectivity index (χ0v) is 14.1. The van der Waals surface area contributed by atoms with E-state index in [1.165, 1.54) is 0 Å². The SMILES string of the molecule is CCC(C)C(=O)N1CCCC(C(=O)NCCCCN)C1.Cl. The van der Waals surface area contributed by atoms with Crippen LogP contribution in [0.15, 0.2) is 0 Å². The molecular weight excluding hydrogens is 290 g/mol. The van der Waals surface area contributed by atoms with E-state index in [1.54, 1.807) is 0 Å². The highest BCUT2D eigenvalue weighted by Gasteiger charge is 2.29. The van der Waals surface area contributed by atoms with Crippen LogP contribution in [-0.4, -0.2) is 42.9 Å². The van der Waals surface area contributed by atoms with Gasteiger partial charge in [-0.3, -0.25) is 9.59 Å². The molecule has 0 aromatic carbocycles. The molecule has 0 radical (unpaired) electrons. The van der Waals surface area contributed by atoms with Gasteiger partial charge in [-0.15, -0.1) is 12.4 Å². The fourth-order valence-electron chi connectivity index (χ4n) is 2.50. The predicted octanol–water partition coefficient (Wildman–Crippen LogP) is 1.55. The number of piperidine rings is 1. The van der Waals surface area contributed by atoms with Crippen molar-refractivity contribution in [3.63, 3.8) is 0 Å². The topological polar surface area (TPSA) is 75.4 Å². The summed E-state index contributed by atoms with van der Waals surface area (Å²) in [4.78, 5) is 26.1. The van der Waals surface area contributed by atoms with Gasteiger partial charge in [-0.2, -0.15) is 0 Å². The fraction of sp³-hybridized carbons (Fsp3) is 0.867. The Morgan fingerprint density at radius 1 is 1.38 bits per heavy atom. The third kappa shape index (κ3) is 6.66. The molecule has 2 amide bonds. The van der Waals surface area contributed by atoms with Gasteiger partial charge >= 0.3 is 0 Å². The molecule has 1 rings (SSSR count). The minimum Gasteiger partial charge on any atom is -0.356 e. The third-order valence-corrected chi connectivity index (χ3v) is 4.07. The predicted molar refractivity (Wildman–Crippen MR) is 87.3 cm³/mol. The minimum absolute atomic E-state index is 0. The summed E-state index contributed by atoms with van der Waals surface area (Å²) in [5.74, 6) is 0.285. The molecule has 0 bridgehead atoms. The molecule has 0 aliphatic carbocycles. The van der Waals surface area contributed by atoms with Crippen molar-refractivity contribution >= 4 is 24.2 Å². The highest BCUT2D eigenvalue weighted by atomic mass is 35.5. The maximum Gasteiger partial charge on any atom is 0.225 e. The molecule has 3 N–H and O–H groups in total. The number of carbonyl (C=O) groups is 2. The largest absolute Gasteiger partial charge is 0.356 e. The van der Waals surface area contributed by atoms with Crippen LogP contribution in [0.25, 0.3) is 0 Å². The standard InChI is InChI=1S/C15H29N3O2.ClH/c1-3-12(2)15(20)18-10-6-7-13(11-18)14(19)17-9-5-4-8-16;/h12-13H,3-11,16H2,1-2H3,(H,17,19);1H. The number of amides is 2. The Bertz CT molecular complexity index is 326. The molecule has 21 heavy (non-hydrogen) atoms. The zero-order chi connectivity index (χ0) is 15.0. The Hall–Kier alpha value is -0.810. The zero-order valence-electron chi connectivity index (χ0n) is 13.3. The van der Waals surface area contributed by atoms with Crippen LogP contribution in [0.4, 0.5) is 0 Å². The smallest absolute Gasteiger partial charge is 0.225 e. The summed E-state index contributed by atoms with van der Waals surface area (Å²) in [7, 11) is 0. The van der Waals surface area contributed by atoms with E-state index < -0.39 is 0 Å². The molecule has 6 heteroatoms. The molecule has 1 aliphatic rings. The van der Waals surface area contributed by atoms with Crippen LogP contribution < -0.4 is 11.1 Å². The maximum atomic E-state index is 12.2. The van der Waals surface area contributed by atoms with Crippen molar-refractivity contribution in [2.75, 3.05) is 26.2 Å². The minimum atomic E-state index is -0.0466. The highest BCUT2D eigenvalue weighted by molar-refractivity contribution is 5.85. The van der Waals surface area contributed by atoms with Crippen LogP contribution in [0.3, 0.4) is 0 Å². The first-order chi connectivity index (χ1) is 9.60. The maximum absolute atomic E-state index is 12.2. The fourth-order valence-corrected chi connectivity index (χ4v) is 2.50. The van der Waals surface area contributed by atoms with Crippen LogP contribution in [0, 0.1) is 11.8 Å². The normalized spacial score (nSPS) is 19.6. The van der Waals surface area contributed by atoms with E-state index in [1.807, 2.05) is 18.7 Å². The number of carbonyl (C=O) groups excluding carboxylic acids is 2. The molecule has 0 saturated carbocycles. The summed E-state index contributed by atoms with van der Waals surface area (Å²) in [6, 6.07) is 0. The van der Waals surface area contributed by atoms with Gasteiger partial charge in [0.1, 0.15) is 0 Å². The molecule has 5 nitrogen and oxygen atoms in total. The Balaban J connectivity index is 0.00000400. The van der Waals surface area contributed by atoms with E-state index in [0.29, 0.717) is 19.6 Å². The highest BCUT2D eigenvalue weighted by Crippen LogP contribution is 2.19. The van der Waals surface area contributed by atoms with E-state index in [9.17, 15) is 9.59 Å². The number of nitrogens with one attached hydrogen (secondary N) is 1. The second-order valence-electron chi connectivity index (χ2n) is 5.72.